The van der Waals surface area contributed by atoms with Crippen LogP contribution in [-0.2, 0) is 6.54 Å². The zero-order valence-electron chi connectivity index (χ0n) is 27.2. The summed E-state index contributed by atoms with van der Waals surface area (Å²) in [4.78, 5) is 59.6. The molecule has 0 aromatic carbocycles. The Labute approximate surface area is 282 Å². The van der Waals surface area contributed by atoms with Crippen LogP contribution in [0.4, 0.5) is 0 Å². The fourth-order valence-corrected chi connectivity index (χ4v) is 9.68. The standard InChI is InChI=1S/C19H25N3O2S.C16H19N3O2S/c1-3-21-11-14(17(23)18-15(21)10-12(2)25-18)19(24)20-16-5-4-13-6-8-22(16)9-7-13;20-14-12(8-17-13-3-6-22-15(13)14)16(21)18-11-7-10-1-4-19(9-11)5-2-10/h10-11,13,16H,3-9H2,1-2H3,(H,20,24);3,6,8,10-11H,1-2,4-5,7,9H2,(H,17,20)(H,18,21). The molecule has 4 bridgehead atoms. The summed E-state index contributed by atoms with van der Waals surface area (Å²) in [5.74, 6) is 1.04. The number of nitrogens with one attached hydrogen (secondary N) is 3. The third kappa shape index (κ3) is 6.70. The third-order valence-corrected chi connectivity index (χ3v) is 12.5. The van der Waals surface area contributed by atoms with Gasteiger partial charge in [0.15, 0.2) is 0 Å². The monoisotopic (exact) mass is 676 g/mol. The van der Waals surface area contributed by atoms with Crippen molar-refractivity contribution in [3.63, 3.8) is 0 Å². The normalized spacial score (nSPS) is 26.8. The van der Waals surface area contributed by atoms with Gasteiger partial charge in [-0.1, -0.05) is 0 Å². The first-order chi connectivity index (χ1) is 22.8. The van der Waals surface area contributed by atoms with Gasteiger partial charge < -0.3 is 25.1 Å². The van der Waals surface area contributed by atoms with E-state index in [1.54, 1.807) is 6.20 Å². The highest BCUT2D eigenvalue weighted by molar-refractivity contribution is 7.19. The van der Waals surface area contributed by atoms with Crippen LogP contribution in [0.1, 0.15) is 77.5 Å². The molecule has 0 radical (unpaired) electrons. The van der Waals surface area contributed by atoms with Crippen LogP contribution in [0, 0.1) is 18.8 Å². The molecule has 2 amide bonds. The van der Waals surface area contributed by atoms with Crippen molar-refractivity contribution < 1.29 is 9.59 Å². The van der Waals surface area contributed by atoms with E-state index < -0.39 is 0 Å². The Bertz CT molecular complexity index is 1880. The molecule has 0 aliphatic carbocycles. The number of nitrogens with zero attached hydrogens (tertiary/aromatic N) is 3. The third-order valence-electron chi connectivity index (χ3n) is 10.6. The van der Waals surface area contributed by atoms with Gasteiger partial charge in [-0.3, -0.25) is 24.1 Å². The second-order valence-corrected chi connectivity index (χ2v) is 15.8. The number of piperidine rings is 2. The highest BCUT2D eigenvalue weighted by atomic mass is 32.1. The van der Waals surface area contributed by atoms with E-state index >= 15 is 0 Å². The summed E-state index contributed by atoms with van der Waals surface area (Å²) in [6, 6.07) is 4.04. The van der Waals surface area contributed by atoms with E-state index in [9.17, 15) is 19.2 Å². The van der Waals surface area contributed by atoms with Crippen molar-refractivity contribution in [1.82, 2.24) is 30.0 Å². The summed E-state index contributed by atoms with van der Waals surface area (Å²) in [6.07, 6.45) is 11.4. The van der Waals surface area contributed by atoms with Gasteiger partial charge in [-0.05, 0) is 101 Å². The lowest BCUT2D eigenvalue weighted by Crippen LogP contribution is -2.49. The smallest absolute Gasteiger partial charge is 0.258 e. The Hall–Kier alpha value is -3.32. The molecule has 47 heavy (non-hydrogen) atoms. The molecule has 4 aromatic heterocycles. The molecule has 12 heteroatoms. The molecular formula is C35H44N6O4S2. The number of H-pyrrole nitrogens is 1. The van der Waals surface area contributed by atoms with Crippen LogP contribution in [-0.4, -0.2) is 76.1 Å². The average molecular weight is 677 g/mol. The molecule has 2 atom stereocenters. The average Bonchev–Trinajstić information content (AvgIpc) is 3.47. The molecule has 6 aliphatic heterocycles. The molecule has 10 nitrogen and oxygen atoms in total. The number of hydrogen-bond donors (Lipinski definition) is 3. The molecule has 4 aromatic rings. The summed E-state index contributed by atoms with van der Waals surface area (Å²) >= 11 is 2.85. The summed E-state index contributed by atoms with van der Waals surface area (Å²) < 4.78 is 3.32. The predicted molar refractivity (Wildman–Crippen MR) is 189 cm³/mol. The van der Waals surface area contributed by atoms with Crippen LogP contribution in [0.5, 0.6) is 0 Å². The van der Waals surface area contributed by atoms with Crippen LogP contribution in [0.25, 0.3) is 20.4 Å². The first-order valence-corrected chi connectivity index (χ1v) is 18.8. The fraction of sp³-hybridized carbons (Fsp3) is 0.543. The lowest BCUT2D eigenvalue weighted by Gasteiger charge is -2.32. The minimum Gasteiger partial charge on any atom is -0.359 e. The SMILES string of the molecule is CCn1cc(C(=O)NC2CCC3CCN2CC3)c(=O)c2sc(C)cc21.O=C(NC1CC2CCN(CC2)C1)c1c[nH]c2ccsc2c1=O. The van der Waals surface area contributed by atoms with E-state index in [4.69, 9.17) is 0 Å². The van der Waals surface area contributed by atoms with Gasteiger partial charge in [-0.15, -0.1) is 22.7 Å². The van der Waals surface area contributed by atoms with Crippen molar-refractivity contribution in [3.05, 3.63) is 66.4 Å². The number of hydrogen-bond acceptors (Lipinski definition) is 8. The Morgan fingerprint density at radius 2 is 1.64 bits per heavy atom. The number of carbonyl (C=O) groups excluding carboxylic acids is 2. The number of carbonyl (C=O) groups is 2. The summed E-state index contributed by atoms with van der Waals surface area (Å²) in [7, 11) is 0. The second kappa shape index (κ2) is 13.7. The van der Waals surface area contributed by atoms with E-state index in [0.29, 0.717) is 15.3 Å². The predicted octanol–water partition coefficient (Wildman–Crippen LogP) is 4.76. The zero-order chi connectivity index (χ0) is 32.7. The molecule has 10 heterocycles. The first kappa shape index (κ1) is 32.2. The number of thiophene rings is 2. The number of pyridine rings is 2. The van der Waals surface area contributed by atoms with Crippen LogP contribution in [0.3, 0.4) is 0 Å². The Morgan fingerprint density at radius 3 is 2.40 bits per heavy atom. The minimum atomic E-state index is -0.246. The maximum absolute atomic E-state index is 12.9. The molecule has 0 spiro atoms. The fourth-order valence-electron chi connectivity index (χ4n) is 7.89. The van der Waals surface area contributed by atoms with E-state index in [0.717, 1.165) is 73.9 Å². The minimum absolute atomic E-state index is 0.0650. The maximum atomic E-state index is 12.9. The topological polar surface area (TPSA) is 120 Å². The van der Waals surface area contributed by atoms with E-state index in [1.165, 1.54) is 61.0 Å². The van der Waals surface area contributed by atoms with Crippen LogP contribution in [0.2, 0.25) is 0 Å². The Balaban J connectivity index is 0.000000151. The molecule has 6 aliphatic rings. The Kier molecular flexibility index (Phi) is 9.37. The lowest BCUT2D eigenvalue weighted by atomic mass is 9.94. The molecule has 6 saturated heterocycles. The van der Waals surface area contributed by atoms with Gasteiger partial charge in [0.05, 0.1) is 26.6 Å². The van der Waals surface area contributed by atoms with Crippen molar-refractivity contribution in [1.29, 1.82) is 0 Å². The largest absolute Gasteiger partial charge is 0.359 e. The number of aryl methyl sites for hydroxylation is 2. The number of rotatable bonds is 5. The molecule has 10 rings (SSSR count). The number of aromatic nitrogens is 2. The van der Waals surface area contributed by atoms with Crippen LogP contribution in [0.15, 0.2) is 39.5 Å². The molecule has 6 fully saturated rings. The zero-order valence-corrected chi connectivity index (χ0v) is 28.8. The molecular weight excluding hydrogens is 633 g/mol. The van der Waals surface area contributed by atoms with Gasteiger partial charge in [0.25, 0.3) is 11.8 Å². The van der Waals surface area contributed by atoms with Gasteiger partial charge in [-0.25, -0.2) is 0 Å². The quantitative estimate of drug-likeness (QED) is 0.281. The summed E-state index contributed by atoms with van der Waals surface area (Å²) in [6.45, 7) is 10.1. The van der Waals surface area contributed by atoms with E-state index in [1.807, 2.05) is 35.9 Å². The van der Waals surface area contributed by atoms with Crippen molar-refractivity contribution in [2.24, 2.45) is 11.8 Å². The maximum Gasteiger partial charge on any atom is 0.258 e. The van der Waals surface area contributed by atoms with Crippen molar-refractivity contribution in [2.45, 2.75) is 77.5 Å². The highest BCUT2D eigenvalue weighted by Gasteiger charge is 2.32. The van der Waals surface area contributed by atoms with E-state index in [-0.39, 0.29) is 46.0 Å². The van der Waals surface area contributed by atoms with Gasteiger partial charge in [0.1, 0.15) is 11.1 Å². The lowest BCUT2D eigenvalue weighted by molar-refractivity contribution is 0.0833. The van der Waals surface area contributed by atoms with Gasteiger partial charge in [0, 0.05) is 49.5 Å². The summed E-state index contributed by atoms with van der Waals surface area (Å²) in [5, 5.41) is 8.08. The number of aromatic amines is 1. The van der Waals surface area contributed by atoms with Crippen molar-refractivity contribution in [2.75, 3.05) is 32.7 Å². The van der Waals surface area contributed by atoms with Gasteiger partial charge in [0.2, 0.25) is 10.9 Å². The van der Waals surface area contributed by atoms with Crippen LogP contribution >= 0.6 is 22.7 Å². The first-order valence-electron chi connectivity index (χ1n) is 17.1. The van der Waals surface area contributed by atoms with Gasteiger partial charge in [-0.2, -0.15) is 0 Å². The molecule has 250 valence electrons. The second-order valence-electron chi connectivity index (χ2n) is 13.6. The van der Waals surface area contributed by atoms with Crippen molar-refractivity contribution >= 4 is 54.9 Å². The number of fused-ring (bicyclic) bond motifs is 10. The van der Waals surface area contributed by atoms with Crippen molar-refractivity contribution in [3.8, 4) is 0 Å². The van der Waals surface area contributed by atoms with E-state index in [2.05, 4.69) is 25.4 Å². The molecule has 2 unspecified atom stereocenters. The highest BCUT2D eigenvalue weighted by Crippen LogP contribution is 2.30. The Morgan fingerprint density at radius 1 is 0.915 bits per heavy atom. The molecule has 0 saturated carbocycles. The molecule has 3 N–H and O–H groups in total. The van der Waals surface area contributed by atoms with Crippen LogP contribution < -0.4 is 21.5 Å². The number of amides is 2. The summed E-state index contributed by atoms with van der Waals surface area (Å²) in [5.41, 5.74) is 1.92. The van der Waals surface area contributed by atoms with Gasteiger partial charge >= 0.3 is 0 Å².